The number of aryl methyl sites for hydroxylation is 2. The molecule has 15 rings (SSSR count). The molecular formula is C90H100Br6CuN12O. The summed E-state index contributed by atoms with van der Waals surface area (Å²) in [7, 11) is 0. The molecule has 20 heteroatoms. The van der Waals surface area contributed by atoms with Gasteiger partial charge in [0, 0.05) is 61.4 Å². The Morgan fingerprint density at radius 2 is 1.09 bits per heavy atom. The minimum Gasteiger partial charge on any atom is -0.657 e. The Labute approximate surface area is 717 Å². The standard InChI is InChI=1S/C33H34Br2N4.C33H31N5.C15H14N2.C9H12BrNO.3BrH.Cu.3H2/c1-5-23-25(7-3)32(34)38-29(23)18-21-14-16-27(36-21)31(20-12-10-9-11-13-20)28-17-15-22(37-28)19-30-24(6-2)26(8-4)33(35)39-30;1-5-23-25(7-3)32-36-29(23)18-21-14-16-27(34-21)31(20-12-10-9-11-13-20)28-17-15-22(35-28)19-30-24(6-2)26(8-4)33(37-30)38-32;1-2-6-12(7-3-1)15(13-8-4-10-16-13)14-9-5-11-17-14;1-3-6-7(4-2)9(10)11-8(6)5-12;;;;;;;/h9-19,36-38H,5-8H2,1-4H3;9-19H,5-8H2,1-4H3;1-11,15-17H;5,11H,3-4H2,1-2H3;3*1H;;3*1H/q;-2;;;;;;+2;;;/b21-18-,30-19?,31-27?;;;;;;;;;;. The van der Waals surface area contributed by atoms with Crippen molar-refractivity contribution in [2.45, 2.75) is 139 Å². The van der Waals surface area contributed by atoms with Crippen LogP contribution in [0.3, 0.4) is 0 Å². The Bertz CT molecular complexity index is 5540. The number of hydrogen-bond donors (Lipinski definition) is 6. The zero-order valence-corrected chi connectivity index (χ0v) is 74.4. The second-order valence-corrected chi connectivity index (χ2v) is 28.3. The molecule has 0 spiro atoms. The summed E-state index contributed by atoms with van der Waals surface area (Å²) < 4.78 is 2.98. The van der Waals surface area contributed by atoms with Gasteiger partial charge in [0.1, 0.15) is 4.62 Å². The third-order valence-corrected chi connectivity index (χ3v) is 21.8. The molecule has 3 aliphatic rings. The van der Waals surface area contributed by atoms with Crippen LogP contribution in [0.15, 0.2) is 207 Å². The maximum absolute atomic E-state index is 10.6. The predicted octanol–water partition coefficient (Wildman–Crippen LogP) is 24.3. The Kier molecular flexibility index (Phi) is 32.9. The van der Waals surface area contributed by atoms with Gasteiger partial charge in [-0.15, -0.1) is 62.0 Å². The van der Waals surface area contributed by atoms with Crippen LogP contribution >= 0.6 is 98.7 Å². The fourth-order valence-corrected chi connectivity index (χ4v) is 17.0. The molecule has 13 nitrogen and oxygen atoms in total. The number of aromatic amines is 6. The van der Waals surface area contributed by atoms with E-state index in [0.29, 0.717) is 5.69 Å². The number of hydrogen-bond acceptors (Lipinski definition) is 5. The fourth-order valence-electron chi connectivity index (χ4n) is 14.8. The number of fused-ring (bicyclic) bond motifs is 8. The van der Waals surface area contributed by atoms with E-state index in [0.717, 1.165) is 191 Å². The van der Waals surface area contributed by atoms with Gasteiger partial charge < -0.3 is 44.9 Å². The molecule has 0 unspecified atom stereocenters. The van der Waals surface area contributed by atoms with Crippen LogP contribution in [0.2, 0.25) is 0 Å². The van der Waals surface area contributed by atoms with E-state index in [1.807, 2.05) is 36.7 Å². The van der Waals surface area contributed by atoms with E-state index in [9.17, 15) is 4.79 Å². The van der Waals surface area contributed by atoms with Gasteiger partial charge in [-0.3, -0.25) is 9.78 Å². The van der Waals surface area contributed by atoms with E-state index in [2.05, 4.69) is 311 Å². The Morgan fingerprint density at radius 3 is 1.67 bits per heavy atom. The zero-order chi connectivity index (χ0) is 74.4. The number of H-pyrrole nitrogens is 6. The Balaban J connectivity index is 0.000000287. The van der Waals surface area contributed by atoms with Crippen molar-refractivity contribution in [3.8, 4) is 11.1 Å². The van der Waals surface area contributed by atoms with Gasteiger partial charge in [-0.25, -0.2) is 9.98 Å². The van der Waals surface area contributed by atoms with Gasteiger partial charge >= 0.3 is 17.1 Å². The summed E-state index contributed by atoms with van der Waals surface area (Å²) in [5.74, 6) is 1.03. The molecule has 0 amide bonds. The topological polar surface area (TPSA) is 191 Å². The second kappa shape index (κ2) is 41.4. The van der Waals surface area contributed by atoms with Crippen molar-refractivity contribution < 1.29 is 26.1 Å². The first-order chi connectivity index (χ1) is 51.8. The van der Waals surface area contributed by atoms with Crippen molar-refractivity contribution >= 4 is 173 Å². The van der Waals surface area contributed by atoms with Gasteiger partial charge in [-0.1, -0.05) is 184 Å². The largest absolute Gasteiger partial charge is 2.00 e. The van der Waals surface area contributed by atoms with E-state index in [1.54, 1.807) is 0 Å². The van der Waals surface area contributed by atoms with Crippen LogP contribution in [0.1, 0.15) is 211 Å². The van der Waals surface area contributed by atoms with Gasteiger partial charge in [-0.05, 0) is 274 Å². The second-order valence-electron chi connectivity index (χ2n) is 26.0. The van der Waals surface area contributed by atoms with Crippen LogP contribution in [-0.2, 0) is 55.6 Å². The molecule has 579 valence electrons. The number of benzene rings is 3. The summed E-state index contributed by atoms with van der Waals surface area (Å²) >= 11 is 10.8. The summed E-state index contributed by atoms with van der Waals surface area (Å²) in [6.45, 7) is 21.7. The average Bonchev–Trinajstić information content (AvgIpc) is 1.63. The molecule has 0 aliphatic carbocycles. The summed E-state index contributed by atoms with van der Waals surface area (Å²) in [6, 6.07) is 56.7. The third kappa shape index (κ3) is 19.5. The smallest absolute Gasteiger partial charge is 0.657 e. The number of aromatic nitrogens is 11. The molecule has 3 aromatic carbocycles. The first-order valence-electron chi connectivity index (χ1n) is 37.2. The number of nitrogens with zero attached hydrogens (tertiary/aromatic N) is 6. The van der Waals surface area contributed by atoms with Crippen LogP contribution < -0.4 is 20.7 Å². The van der Waals surface area contributed by atoms with Crippen LogP contribution in [-0.4, -0.2) is 55.8 Å². The van der Waals surface area contributed by atoms with E-state index < -0.39 is 0 Å². The van der Waals surface area contributed by atoms with Gasteiger partial charge in [-0.2, -0.15) is 0 Å². The fraction of sp³-hybridized carbons (Fsp3) is 0.233. The van der Waals surface area contributed by atoms with Crippen molar-refractivity contribution in [2.75, 3.05) is 0 Å². The number of aliphatic imine (C=N–C) groups is 1. The van der Waals surface area contributed by atoms with Gasteiger partial charge in [0.2, 0.25) is 0 Å². The van der Waals surface area contributed by atoms with Crippen LogP contribution in [0.4, 0.5) is 0 Å². The molecule has 8 bridgehead atoms. The van der Waals surface area contributed by atoms with Gasteiger partial charge in [0.15, 0.2) is 6.29 Å². The summed E-state index contributed by atoms with van der Waals surface area (Å²) in [6.07, 6.45) is 22.6. The molecule has 0 atom stereocenters. The number of allylic oxidation sites excluding steroid dienone is 4. The molecule has 3 aliphatic heterocycles. The molecule has 0 saturated carbocycles. The number of carbonyl (C=O) groups is 1. The number of nitrogens with one attached hydrogen (secondary N) is 6. The van der Waals surface area contributed by atoms with Crippen LogP contribution in [0.5, 0.6) is 0 Å². The quantitative estimate of drug-likeness (QED) is 0.0345. The van der Waals surface area contributed by atoms with Crippen molar-refractivity contribution in [1.82, 2.24) is 54.8 Å². The van der Waals surface area contributed by atoms with E-state index >= 15 is 0 Å². The first kappa shape index (κ1) is 87.4. The van der Waals surface area contributed by atoms with Crippen molar-refractivity contribution in [1.29, 1.82) is 0 Å². The molecular weight excluding hydrogens is 1810 g/mol. The Hall–Kier alpha value is -8.17. The number of rotatable bonds is 19. The van der Waals surface area contributed by atoms with Gasteiger partial charge in [0.05, 0.1) is 49.4 Å². The van der Waals surface area contributed by atoms with Crippen molar-refractivity contribution in [2.24, 2.45) is 4.99 Å². The predicted molar refractivity (Wildman–Crippen MR) is 488 cm³/mol. The molecule has 9 aromatic heterocycles. The Morgan fingerprint density at radius 1 is 0.500 bits per heavy atom. The number of carbonyl (C=O) groups excluding carboxylic acids is 1. The van der Waals surface area contributed by atoms with Gasteiger partial charge in [0.25, 0.3) is 0 Å². The summed E-state index contributed by atoms with van der Waals surface area (Å²) in [5.41, 5.74) is 31.9. The molecule has 12 heterocycles. The third-order valence-electron chi connectivity index (χ3n) is 19.8. The first-order valence-corrected chi connectivity index (χ1v) is 39.5. The molecule has 6 N–H and O–H groups in total. The van der Waals surface area contributed by atoms with Crippen molar-refractivity contribution in [3.05, 3.63) is 315 Å². The average molecular weight is 1910 g/mol. The SMILES string of the molecule is Br.Br.Br.CCC1=C(CC)C(Br)=NC1=Cc1ccc(C(c2ccccc2)=c2cc/c(=C/c3[nH]c(Br)c(CC)c3CC)[nH]2)[nH]1.CCC1=C(CC)c2nc1cc1ccc([n-]1)c(-c1ccccc1)c1nc(cc3[n-]c(n2)c(CC)c3CC)C=C1.CCc1c(Br)[nH]c(C=O)c1CC.[Cu+2].[HH].[HH].[HH].c1ccc(C(c2ccc[nH]2)c2ccc[nH]2)cc1. The molecule has 12 aromatic rings. The van der Waals surface area contributed by atoms with Crippen LogP contribution in [0, 0.1) is 0 Å². The normalized spacial score (nSPS) is 12.9. The molecule has 1 radical (unpaired) electrons. The number of halogens is 6. The molecule has 0 fully saturated rings. The molecule has 110 heavy (non-hydrogen) atoms. The number of aldehydes is 1. The summed E-state index contributed by atoms with van der Waals surface area (Å²) in [5, 5.41) is 2.13. The monoisotopic (exact) mass is 1900 g/mol. The van der Waals surface area contributed by atoms with Crippen molar-refractivity contribution in [3.63, 3.8) is 0 Å². The summed E-state index contributed by atoms with van der Waals surface area (Å²) in [4.78, 5) is 61.1. The van der Waals surface area contributed by atoms with E-state index in [-0.39, 0.29) is 78.2 Å². The zero-order valence-electron chi connectivity index (χ0n) is 63.5. The van der Waals surface area contributed by atoms with E-state index in [4.69, 9.17) is 29.9 Å². The van der Waals surface area contributed by atoms with Crippen LogP contribution in [0.25, 0.3) is 74.3 Å². The maximum Gasteiger partial charge on any atom is 2.00 e. The minimum absolute atomic E-state index is 0. The maximum atomic E-state index is 10.6. The van der Waals surface area contributed by atoms with E-state index in [1.165, 1.54) is 67.1 Å². The minimum atomic E-state index is 0. The molecule has 0 saturated heterocycles.